The van der Waals surface area contributed by atoms with Crippen LogP contribution in [-0.2, 0) is 4.74 Å². The first kappa shape index (κ1) is 36.8. The second-order valence-electron chi connectivity index (χ2n) is 15.2. The predicted octanol–water partition coefficient (Wildman–Crippen LogP) is 8.86. The molecule has 3 amide bonds. The van der Waals surface area contributed by atoms with Crippen molar-refractivity contribution in [2.75, 3.05) is 53.3 Å². The minimum atomic E-state index is -0.480. The molecule has 10 heteroatoms. The molecule has 5 aromatic rings. The van der Waals surface area contributed by atoms with Gasteiger partial charge in [-0.05, 0) is 134 Å². The Bertz CT molecular complexity index is 2360. The maximum absolute atomic E-state index is 14.4. The van der Waals surface area contributed by atoms with Gasteiger partial charge >= 0.3 is 0 Å². The summed E-state index contributed by atoms with van der Waals surface area (Å²) in [6.45, 7) is 9.35. The van der Waals surface area contributed by atoms with Crippen molar-refractivity contribution in [2.45, 2.75) is 40.0 Å². The molecule has 0 bridgehead atoms. The Morgan fingerprint density at radius 3 is 2.30 bits per heavy atom. The van der Waals surface area contributed by atoms with E-state index in [1.54, 1.807) is 60.5 Å². The number of pyridine rings is 1. The van der Waals surface area contributed by atoms with Crippen LogP contribution in [0.3, 0.4) is 0 Å². The molecule has 0 unspecified atom stereocenters. The number of amides is 3. The summed E-state index contributed by atoms with van der Waals surface area (Å²) < 4.78 is 20.0. The number of hydrogen-bond donors (Lipinski definition) is 2. The molecule has 0 saturated carbocycles. The molecule has 56 heavy (non-hydrogen) atoms. The largest absolute Gasteiger partial charge is 0.381 e. The van der Waals surface area contributed by atoms with Crippen molar-refractivity contribution in [3.8, 4) is 0 Å². The molecule has 284 valence electrons. The smallest absolute Gasteiger partial charge is 0.259 e. The summed E-state index contributed by atoms with van der Waals surface area (Å²) in [5.41, 5.74) is 8.60. The zero-order valence-electron chi connectivity index (χ0n) is 31.8. The van der Waals surface area contributed by atoms with Gasteiger partial charge in [0.15, 0.2) is 0 Å². The van der Waals surface area contributed by atoms with Crippen LogP contribution in [0.15, 0.2) is 97.2 Å². The van der Waals surface area contributed by atoms with Gasteiger partial charge in [0.25, 0.3) is 17.7 Å². The summed E-state index contributed by atoms with van der Waals surface area (Å²) in [4.78, 5) is 49.6. The molecular formula is C46H44FN5O4. The van der Waals surface area contributed by atoms with E-state index in [4.69, 9.17) is 4.74 Å². The lowest BCUT2D eigenvalue weighted by molar-refractivity contribution is -0.000511. The van der Waals surface area contributed by atoms with Gasteiger partial charge < -0.3 is 25.2 Å². The molecule has 0 radical (unpaired) electrons. The lowest BCUT2D eigenvalue weighted by Gasteiger charge is -2.53. The minimum absolute atomic E-state index is 0.151. The van der Waals surface area contributed by atoms with Crippen LogP contribution in [0.5, 0.6) is 0 Å². The summed E-state index contributed by atoms with van der Waals surface area (Å²) in [7, 11) is 0. The number of carbonyl (C=O) groups excluding carboxylic acids is 3. The van der Waals surface area contributed by atoms with Gasteiger partial charge in [0.1, 0.15) is 11.6 Å². The van der Waals surface area contributed by atoms with E-state index in [1.807, 2.05) is 56.3 Å². The summed E-state index contributed by atoms with van der Waals surface area (Å²) in [6.07, 6.45) is 6.53. The van der Waals surface area contributed by atoms with E-state index in [1.165, 1.54) is 6.07 Å². The zero-order valence-corrected chi connectivity index (χ0v) is 31.8. The summed E-state index contributed by atoms with van der Waals surface area (Å²) >= 11 is 0. The average molecular weight is 750 g/mol. The van der Waals surface area contributed by atoms with Crippen molar-refractivity contribution >= 4 is 52.3 Å². The van der Waals surface area contributed by atoms with Crippen LogP contribution in [0.4, 0.5) is 27.3 Å². The second-order valence-corrected chi connectivity index (χ2v) is 15.2. The monoisotopic (exact) mass is 749 g/mol. The highest BCUT2D eigenvalue weighted by atomic mass is 19.1. The average Bonchev–Trinajstić information content (AvgIpc) is 3.38. The number of rotatable bonds is 7. The summed E-state index contributed by atoms with van der Waals surface area (Å²) in [6, 6.07) is 26.9. The molecule has 2 saturated heterocycles. The van der Waals surface area contributed by atoms with Crippen molar-refractivity contribution in [1.29, 1.82) is 0 Å². The third kappa shape index (κ3) is 7.32. The predicted molar refractivity (Wildman–Crippen MR) is 219 cm³/mol. The van der Waals surface area contributed by atoms with Crippen LogP contribution in [0.25, 0.3) is 11.6 Å². The van der Waals surface area contributed by atoms with Crippen LogP contribution in [0, 0.1) is 32.0 Å². The summed E-state index contributed by atoms with van der Waals surface area (Å²) in [5, 5.41) is 5.75. The normalized spacial score (nSPS) is 16.0. The van der Waals surface area contributed by atoms with E-state index in [-0.39, 0.29) is 28.8 Å². The van der Waals surface area contributed by atoms with Gasteiger partial charge in [0.05, 0.1) is 16.9 Å². The van der Waals surface area contributed by atoms with Gasteiger partial charge in [-0.2, -0.15) is 0 Å². The van der Waals surface area contributed by atoms with Crippen molar-refractivity contribution < 1.29 is 23.5 Å². The van der Waals surface area contributed by atoms with Gasteiger partial charge in [-0.1, -0.05) is 36.4 Å². The highest BCUT2D eigenvalue weighted by molar-refractivity contribution is 6.10. The number of carbonyl (C=O) groups is 3. The molecule has 3 aliphatic rings. The Labute approximate surface area is 326 Å². The van der Waals surface area contributed by atoms with Gasteiger partial charge in [-0.15, -0.1) is 0 Å². The Hall–Kier alpha value is -6.13. The van der Waals surface area contributed by atoms with Crippen molar-refractivity contribution in [3.05, 3.63) is 148 Å². The highest BCUT2D eigenvalue weighted by Gasteiger charge is 2.45. The van der Waals surface area contributed by atoms with Crippen molar-refractivity contribution in [3.63, 3.8) is 0 Å². The minimum Gasteiger partial charge on any atom is -0.381 e. The number of para-hydroxylation sites is 2. The van der Waals surface area contributed by atoms with Gasteiger partial charge in [0.2, 0.25) is 0 Å². The Morgan fingerprint density at radius 2 is 1.55 bits per heavy atom. The number of nitrogens with one attached hydrogen (secondary N) is 2. The second kappa shape index (κ2) is 15.2. The van der Waals surface area contributed by atoms with Gasteiger partial charge in [-0.3, -0.25) is 14.4 Å². The molecular weight excluding hydrogens is 706 g/mol. The van der Waals surface area contributed by atoms with Gasteiger partial charge in [0, 0.05) is 61.3 Å². The van der Waals surface area contributed by atoms with E-state index < -0.39 is 5.82 Å². The number of anilines is 4. The number of halogens is 1. The molecule has 2 fully saturated rings. The fourth-order valence-electron chi connectivity index (χ4n) is 8.10. The third-order valence-corrected chi connectivity index (χ3v) is 11.2. The maximum Gasteiger partial charge on any atom is 0.259 e. The molecule has 1 aromatic heterocycles. The van der Waals surface area contributed by atoms with Crippen LogP contribution in [-0.4, -0.2) is 55.6 Å². The molecule has 0 aliphatic carbocycles. The first-order valence-corrected chi connectivity index (χ1v) is 19.1. The zero-order chi connectivity index (χ0) is 39.0. The standard InChI is InChI=1S/C46H44FN5O4/c1-29-23-38(42(48-26-29)51-27-46(28-51)18-21-56-22-19-46)44(54)49-36-14-11-32(12-15-36)45(55)52-20-17-33(25-34-8-4-5-10-40(34)52)37-16-13-35(24-31(37)3)43(53)50-41-30(2)7-6-9-39(41)47/h4-16,23-26H,17-22,27-28H2,1-3H3,(H,49,54)(H,50,53). The van der Waals surface area contributed by atoms with E-state index >= 15 is 0 Å². The van der Waals surface area contributed by atoms with E-state index in [9.17, 15) is 18.8 Å². The quantitative estimate of drug-likeness (QED) is 0.172. The Kier molecular flexibility index (Phi) is 9.99. The van der Waals surface area contributed by atoms with Crippen LogP contribution < -0.4 is 20.4 Å². The Balaban J connectivity index is 0.956. The molecule has 9 nitrogen and oxygen atoms in total. The molecule has 4 heterocycles. The van der Waals surface area contributed by atoms with Crippen LogP contribution >= 0.6 is 0 Å². The lowest BCUT2D eigenvalue weighted by Crippen LogP contribution is -2.59. The molecule has 8 rings (SSSR count). The SMILES string of the molecule is Cc1cnc(N2CC3(CCOCC3)C2)c(C(=O)Nc2ccc(C(=O)N3CCC(c4ccc(C(=O)Nc5c(C)cccc5F)cc4C)=Cc4ccccc43)cc2)c1. The fourth-order valence-corrected chi connectivity index (χ4v) is 8.10. The fraction of sp³-hybridized carbons (Fsp3) is 0.261. The maximum atomic E-state index is 14.4. The lowest BCUT2D eigenvalue weighted by atomic mass is 9.73. The number of fused-ring (bicyclic) bond motifs is 1. The number of ether oxygens (including phenoxy) is 1. The molecule has 3 aliphatic heterocycles. The number of aromatic nitrogens is 1. The van der Waals surface area contributed by atoms with Crippen LogP contribution in [0.1, 0.15) is 78.2 Å². The van der Waals surface area contributed by atoms with E-state index in [0.29, 0.717) is 46.7 Å². The molecule has 1 spiro atoms. The van der Waals surface area contributed by atoms with E-state index in [2.05, 4.69) is 26.6 Å². The first-order chi connectivity index (χ1) is 27.1. The number of hydrogen-bond acceptors (Lipinski definition) is 6. The van der Waals surface area contributed by atoms with E-state index in [0.717, 1.165) is 72.7 Å². The summed E-state index contributed by atoms with van der Waals surface area (Å²) in [5.74, 6) is -0.569. The molecule has 2 N–H and O–H groups in total. The molecule has 0 atom stereocenters. The van der Waals surface area contributed by atoms with Crippen molar-refractivity contribution in [2.24, 2.45) is 5.41 Å². The number of benzene rings is 4. The highest BCUT2D eigenvalue weighted by Crippen LogP contribution is 2.42. The molecule has 4 aromatic carbocycles. The first-order valence-electron chi connectivity index (χ1n) is 19.1. The van der Waals surface area contributed by atoms with Crippen molar-refractivity contribution in [1.82, 2.24) is 4.98 Å². The Morgan fingerprint density at radius 1 is 0.804 bits per heavy atom. The number of nitrogens with zero attached hydrogens (tertiary/aromatic N) is 3. The van der Waals surface area contributed by atoms with Crippen LogP contribution in [0.2, 0.25) is 0 Å². The topological polar surface area (TPSA) is 104 Å². The number of aryl methyl sites for hydroxylation is 3. The van der Waals surface area contributed by atoms with Gasteiger partial charge in [-0.25, -0.2) is 9.37 Å². The third-order valence-electron chi connectivity index (χ3n) is 11.2.